The van der Waals surface area contributed by atoms with Gasteiger partial charge in [0.05, 0.1) is 17.7 Å². The van der Waals surface area contributed by atoms with E-state index in [1.54, 1.807) is 0 Å². The number of hydrogen-bond donors (Lipinski definition) is 1. The second-order valence-corrected chi connectivity index (χ2v) is 2.64. The van der Waals surface area contributed by atoms with Crippen LogP contribution in [0.2, 0.25) is 5.02 Å². The molecule has 0 aliphatic heterocycles. The van der Waals surface area contributed by atoms with E-state index in [1.807, 2.05) is 5.48 Å². The number of carbonyl (C=O) groups excluding carboxylic acids is 1. The van der Waals surface area contributed by atoms with Crippen molar-refractivity contribution < 1.29 is 14.0 Å². The van der Waals surface area contributed by atoms with E-state index in [0.29, 0.717) is 0 Å². The van der Waals surface area contributed by atoms with Gasteiger partial charge in [-0.3, -0.25) is 9.63 Å². The summed E-state index contributed by atoms with van der Waals surface area (Å²) >= 11 is 5.46. The molecule has 0 aliphatic rings. The van der Waals surface area contributed by atoms with Gasteiger partial charge in [-0.05, 0) is 12.1 Å². The van der Waals surface area contributed by atoms with Gasteiger partial charge >= 0.3 is 0 Å². The molecule has 13 heavy (non-hydrogen) atoms. The summed E-state index contributed by atoms with van der Waals surface area (Å²) in [5, 5.41) is -0.0937. The third-order valence-electron chi connectivity index (χ3n) is 1.39. The largest absolute Gasteiger partial charge is 0.277 e. The molecule has 0 saturated carbocycles. The van der Waals surface area contributed by atoms with Crippen LogP contribution in [-0.4, -0.2) is 13.0 Å². The first-order valence-electron chi connectivity index (χ1n) is 3.44. The van der Waals surface area contributed by atoms with Gasteiger partial charge in [0, 0.05) is 0 Å². The zero-order valence-electron chi connectivity index (χ0n) is 6.80. The normalized spacial score (nSPS) is 9.77. The fraction of sp³-hybridized carbons (Fsp3) is 0.125. The molecule has 0 radical (unpaired) electrons. The predicted molar refractivity (Wildman–Crippen MR) is 45.9 cm³/mol. The Hall–Kier alpha value is -1.13. The van der Waals surface area contributed by atoms with E-state index < -0.39 is 11.7 Å². The number of amides is 1. The molecule has 1 aromatic rings. The molecule has 70 valence electrons. The first-order valence-corrected chi connectivity index (χ1v) is 3.82. The lowest BCUT2D eigenvalue weighted by molar-refractivity contribution is 0.0533. The van der Waals surface area contributed by atoms with Gasteiger partial charge in [0.15, 0.2) is 5.82 Å². The lowest BCUT2D eigenvalue weighted by Crippen LogP contribution is -2.22. The monoisotopic (exact) mass is 203 g/mol. The van der Waals surface area contributed by atoms with Crippen molar-refractivity contribution in [1.82, 2.24) is 5.48 Å². The number of benzene rings is 1. The molecule has 0 saturated heterocycles. The zero-order chi connectivity index (χ0) is 9.84. The van der Waals surface area contributed by atoms with Crippen LogP contribution in [-0.2, 0) is 4.84 Å². The van der Waals surface area contributed by atoms with Crippen LogP contribution in [0.5, 0.6) is 0 Å². The Bertz CT molecular complexity index is 330. The number of hydrogen-bond acceptors (Lipinski definition) is 2. The van der Waals surface area contributed by atoms with Crippen molar-refractivity contribution >= 4 is 17.5 Å². The maximum Gasteiger partial charge on any atom is 0.277 e. The second-order valence-electron chi connectivity index (χ2n) is 2.24. The van der Waals surface area contributed by atoms with Crippen molar-refractivity contribution in [3.05, 3.63) is 34.6 Å². The Morgan fingerprint density at radius 3 is 2.92 bits per heavy atom. The second kappa shape index (κ2) is 4.20. The van der Waals surface area contributed by atoms with Crippen LogP contribution in [0.15, 0.2) is 18.2 Å². The third kappa shape index (κ3) is 2.17. The van der Waals surface area contributed by atoms with E-state index >= 15 is 0 Å². The summed E-state index contributed by atoms with van der Waals surface area (Å²) in [7, 11) is 1.26. The van der Waals surface area contributed by atoms with E-state index in [2.05, 4.69) is 4.84 Å². The minimum absolute atomic E-state index is 0.0937. The summed E-state index contributed by atoms with van der Waals surface area (Å²) in [6, 6.07) is 4.16. The fourth-order valence-corrected chi connectivity index (χ4v) is 1.00. The molecule has 0 fully saturated rings. The summed E-state index contributed by atoms with van der Waals surface area (Å²) in [5.74, 6) is -1.42. The molecule has 0 aromatic heterocycles. The van der Waals surface area contributed by atoms with E-state index in [1.165, 1.54) is 25.3 Å². The first-order chi connectivity index (χ1) is 6.16. The van der Waals surface area contributed by atoms with Gasteiger partial charge in [0.25, 0.3) is 5.91 Å². The summed E-state index contributed by atoms with van der Waals surface area (Å²) in [5.41, 5.74) is 1.85. The average molecular weight is 204 g/mol. The van der Waals surface area contributed by atoms with Gasteiger partial charge in [-0.15, -0.1) is 0 Å². The molecule has 3 nitrogen and oxygen atoms in total. The average Bonchev–Trinajstić information content (AvgIpc) is 2.10. The van der Waals surface area contributed by atoms with Crippen LogP contribution >= 0.6 is 11.6 Å². The lowest BCUT2D eigenvalue weighted by Gasteiger charge is -2.03. The van der Waals surface area contributed by atoms with Crippen molar-refractivity contribution in [3.8, 4) is 0 Å². The molecule has 0 spiro atoms. The fourth-order valence-electron chi connectivity index (χ4n) is 0.827. The summed E-state index contributed by atoms with van der Waals surface area (Å²) in [4.78, 5) is 15.4. The highest BCUT2D eigenvalue weighted by Crippen LogP contribution is 2.17. The lowest BCUT2D eigenvalue weighted by atomic mass is 10.2. The van der Waals surface area contributed by atoms with Crippen molar-refractivity contribution in [1.29, 1.82) is 0 Å². The molecule has 0 aliphatic carbocycles. The van der Waals surface area contributed by atoms with Crippen LogP contribution in [0, 0.1) is 5.82 Å². The predicted octanol–water partition coefficient (Wildman–Crippen LogP) is 1.77. The molecule has 1 amide bonds. The molecule has 1 aromatic carbocycles. The van der Waals surface area contributed by atoms with Gasteiger partial charge in [0.2, 0.25) is 0 Å². The van der Waals surface area contributed by atoms with Gasteiger partial charge in [-0.2, -0.15) is 0 Å². The van der Waals surface area contributed by atoms with E-state index in [-0.39, 0.29) is 10.6 Å². The SMILES string of the molecule is CONC(=O)c1cccc(Cl)c1F. The molecule has 1 rings (SSSR count). The number of rotatable bonds is 2. The highest BCUT2D eigenvalue weighted by molar-refractivity contribution is 6.31. The number of hydroxylamine groups is 1. The van der Waals surface area contributed by atoms with Gasteiger partial charge < -0.3 is 0 Å². The Labute approximate surface area is 79.4 Å². The smallest absolute Gasteiger partial charge is 0.277 e. The number of nitrogens with one attached hydrogen (secondary N) is 1. The highest BCUT2D eigenvalue weighted by Gasteiger charge is 2.13. The molecular weight excluding hydrogens is 197 g/mol. The molecule has 0 bridgehead atoms. The third-order valence-corrected chi connectivity index (χ3v) is 1.68. The van der Waals surface area contributed by atoms with Gasteiger partial charge in [-0.25, -0.2) is 9.87 Å². The zero-order valence-corrected chi connectivity index (χ0v) is 7.56. The summed E-state index contributed by atoms with van der Waals surface area (Å²) in [6.07, 6.45) is 0. The Morgan fingerprint density at radius 2 is 2.31 bits per heavy atom. The quantitative estimate of drug-likeness (QED) is 0.744. The number of halogens is 2. The van der Waals surface area contributed by atoms with Gasteiger partial charge in [0.1, 0.15) is 0 Å². The standard InChI is InChI=1S/C8H7ClFNO2/c1-13-11-8(12)5-3-2-4-6(9)7(5)10/h2-4H,1H3,(H,11,12). The Balaban J connectivity index is 3.01. The molecular formula is C8H7ClFNO2. The molecule has 0 atom stereocenters. The van der Waals surface area contributed by atoms with Crippen molar-refractivity contribution in [3.63, 3.8) is 0 Å². The minimum Gasteiger partial charge on any atom is -0.277 e. The Kier molecular flexibility index (Phi) is 3.22. The Morgan fingerprint density at radius 1 is 1.62 bits per heavy atom. The number of carbonyl (C=O) groups is 1. The van der Waals surface area contributed by atoms with Crippen molar-refractivity contribution in [2.24, 2.45) is 0 Å². The van der Waals surface area contributed by atoms with Crippen LogP contribution in [0.25, 0.3) is 0 Å². The van der Waals surface area contributed by atoms with Crippen LogP contribution < -0.4 is 5.48 Å². The van der Waals surface area contributed by atoms with E-state index in [9.17, 15) is 9.18 Å². The van der Waals surface area contributed by atoms with Crippen molar-refractivity contribution in [2.45, 2.75) is 0 Å². The van der Waals surface area contributed by atoms with Crippen LogP contribution in [0.1, 0.15) is 10.4 Å². The maximum absolute atomic E-state index is 13.1. The summed E-state index contributed by atoms with van der Waals surface area (Å²) < 4.78 is 13.1. The molecule has 5 heteroatoms. The van der Waals surface area contributed by atoms with Crippen molar-refractivity contribution in [2.75, 3.05) is 7.11 Å². The molecule has 1 N–H and O–H groups in total. The van der Waals surface area contributed by atoms with Crippen LogP contribution in [0.4, 0.5) is 4.39 Å². The highest BCUT2D eigenvalue weighted by atomic mass is 35.5. The first kappa shape index (κ1) is 9.95. The van der Waals surface area contributed by atoms with Gasteiger partial charge in [-0.1, -0.05) is 17.7 Å². The van der Waals surface area contributed by atoms with E-state index in [4.69, 9.17) is 11.6 Å². The topological polar surface area (TPSA) is 38.3 Å². The molecule has 0 unspecified atom stereocenters. The van der Waals surface area contributed by atoms with Crippen LogP contribution in [0.3, 0.4) is 0 Å². The molecule has 0 heterocycles. The maximum atomic E-state index is 13.1. The minimum atomic E-state index is -0.751. The summed E-state index contributed by atoms with van der Waals surface area (Å²) in [6.45, 7) is 0. The van der Waals surface area contributed by atoms with E-state index in [0.717, 1.165) is 0 Å².